The summed E-state index contributed by atoms with van der Waals surface area (Å²) in [5.74, 6) is 0.158. The van der Waals surface area contributed by atoms with Gasteiger partial charge in [-0.2, -0.15) is 0 Å². The second-order valence-electron chi connectivity index (χ2n) is 4.51. The molecule has 1 aliphatic rings. The summed E-state index contributed by atoms with van der Waals surface area (Å²) in [7, 11) is 0. The van der Waals surface area contributed by atoms with Gasteiger partial charge in [-0.15, -0.1) is 0 Å². The van der Waals surface area contributed by atoms with Crippen molar-refractivity contribution in [3.05, 3.63) is 36.3 Å². The summed E-state index contributed by atoms with van der Waals surface area (Å²) >= 11 is 0. The fourth-order valence-corrected chi connectivity index (χ4v) is 2.03. The molecule has 2 N–H and O–H groups in total. The van der Waals surface area contributed by atoms with Gasteiger partial charge in [-0.3, -0.25) is 9.59 Å². The standard InChI is InChI=1S/C14H18N2O3/c17-13(11-5-2-1-3-6-11)15-8-9-16-14(18)12-7-4-10-19-12/h1-2,4,7,10-11H,3,5-6,8-9H2,(H,15,17)(H,16,18). The van der Waals surface area contributed by atoms with Crippen molar-refractivity contribution in [2.45, 2.75) is 19.3 Å². The number of amides is 2. The molecule has 5 heteroatoms. The zero-order valence-electron chi connectivity index (χ0n) is 10.7. The number of allylic oxidation sites excluding steroid dienone is 2. The van der Waals surface area contributed by atoms with Gasteiger partial charge in [0.2, 0.25) is 5.91 Å². The van der Waals surface area contributed by atoms with Crippen LogP contribution in [0.25, 0.3) is 0 Å². The van der Waals surface area contributed by atoms with Gasteiger partial charge < -0.3 is 15.1 Å². The molecule has 0 radical (unpaired) electrons. The molecule has 5 nitrogen and oxygen atoms in total. The molecule has 102 valence electrons. The van der Waals surface area contributed by atoms with Gasteiger partial charge in [-0.25, -0.2) is 0 Å². The molecule has 0 aromatic carbocycles. The molecule has 1 aromatic rings. The number of hydrogen-bond donors (Lipinski definition) is 2. The molecule has 0 fully saturated rings. The van der Waals surface area contributed by atoms with E-state index in [1.54, 1.807) is 12.1 Å². The molecule has 2 rings (SSSR count). The molecular weight excluding hydrogens is 244 g/mol. The van der Waals surface area contributed by atoms with Gasteiger partial charge in [0.05, 0.1) is 6.26 Å². The van der Waals surface area contributed by atoms with Gasteiger partial charge in [0.1, 0.15) is 0 Å². The third-order valence-electron chi connectivity index (χ3n) is 3.09. The van der Waals surface area contributed by atoms with E-state index in [0.717, 1.165) is 19.3 Å². The number of carbonyl (C=O) groups excluding carboxylic acids is 2. The predicted molar refractivity (Wildman–Crippen MR) is 70.5 cm³/mol. The molecule has 0 saturated carbocycles. The predicted octanol–water partition coefficient (Wildman–Crippen LogP) is 1.48. The summed E-state index contributed by atoms with van der Waals surface area (Å²) in [6.45, 7) is 0.833. The first-order chi connectivity index (χ1) is 9.27. The van der Waals surface area contributed by atoms with Gasteiger partial charge in [0.25, 0.3) is 5.91 Å². The van der Waals surface area contributed by atoms with Crippen LogP contribution in [0.15, 0.2) is 35.0 Å². The Morgan fingerprint density at radius 3 is 2.79 bits per heavy atom. The maximum absolute atomic E-state index is 11.8. The van der Waals surface area contributed by atoms with E-state index in [2.05, 4.69) is 16.7 Å². The monoisotopic (exact) mass is 262 g/mol. The number of rotatable bonds is 5. The van der Waals surface area contributed by atoms with Crippen LogP contribution in [0.5, 0.6) is 0 Å². The Hall–Kier alpha value is -2.04. The molecule has 0 bridgehead atoms. The highest BCUT2D eigenvalue weighted by Crippen LogP contribution is 2.17. The zero-order valence-corrected chi connectivity index (χ0v) is 10.7. The summed E-state index contributed by atoms with van der Waals surface area (Å²) < 4.78 is 4.96. The number of furan rings is 1. The first kappa shape index (κ1) is 13.4. The Bertz CT molecular complexity index is 451. The first-order valence-electron chi connectivity index (χ1n) is 6.52. The minimum Gasteiger partial charge on any atom is -0.459 e. The van der Waals surface area contributed by atoms with Crippen molar-refractivity contribution in [1.82, 2.24) is 10.6 Å². The summed E-state index contributed by atoms with van der Waals surface area (Å²) in [4.78, 5) is 23.3. The topological polar surface area (TPSA) is 71.3 Å². The van der Waals surface area contributed by atoms with E-state index >= 15 is 0 Å². The molecule has 1 aliphatic carbocycles. The molecule has 0 aliphatic heterocycles. The van der Waals surface area contributed by atoms with Crippen LogP contribution in [0.3, 0.4) is 0 Å². The van der Waals surface area contributed by atoms with E-state index < -0.39 is 0 Å². The first-order valence-corrected chi connectivity index (χ1v) is 6.52. The minimum absolute atomic E-state index is 0.0663. The van der Waals surface area contributed by atoms with Crippen molar-refractivity contribution < 1.29 is 14.0 Å². The van der Waals surface area contributed by atoms with Crippen molar-refractivity contribution in [2.24, 2.45) is 5.92 Å². The van der Waals surface area contributed by atoms with E-state index in [4.69, 9.17) is 4.42 Å². The third kappa shape index (κ3) is 3.98. The highest BCUT2D eigenvalue weighted by Gasteiger charge is 2.17. The lowest BCUT2D eigenvalue weighted by molar-refractivity contribution is -0.125. The highest BCUT2D eigenvalue weighted by atomic mass is 16.3. The Morgan fingerprint density at radius 2 is 2.11 bits per heavy atom. The zero-order chi connectivity index (χ0) is 13.5. The van der Waals surface area contributed by atoms with E-state index in [1.807, 2.05) is 6.08 Å². The van der Waals surface area contributed by atoms with Crippen LogP contribution in [0.4, 0.5) is 0 Å². The maximum atomic E-state index is 11.8. The lowest BCUT2D eigenvalue weighted by Crippen LogP contribution is -2.37. The highest BCUT2D eigenvalue weighted by molar-refractivity contribution is 5.91. The minimum atomic E-state index is -0.264. The molecule has 2 amide bonds. The smallest absolute Gasteiger partial charge is 0.287 e. The van der Waals surface area contributed by atoms with Crippen LogP contribution < -0.4 is 10.6 Å². The fraction of sp³-hybridized carbons (Fsp3) is 0.429. The van der Waals surface area contributed by atoms with Crippen LogP contribution in [-0.4, -0.2) is 24.9 Å². The summed E-state index contributed by atoms with van der Waals surface area (Å²) in [5.41, 5.74) is 0. The molecular formula is C14H18N2O3. The van der Waals surface area contributed by atoms with Crippen LogP contribution >= 0.6 is 0 Å². The summed E-state index contributed by atoms with van der Waals surface area (Å²) in [6, 6.07) is 3.26. The van der Waals surface area contributed by atoms with Crippen molar-refractivity contribution in [3.63, 3.8) is 0 Å². The lowest BCUT2D eigenvalue weighted by Gasteiger charge is -2.17. The van der Waals surface area contributed by atoms with Crippen molar-refractivity contribution in [2.75, 3.05) is 13.1 Å². The average molecular weight is 262 g/mol. The maximum Gasteiger partial charge on any atom is 0.287 e. The number of nitrogens with one attached hydrogen (secondary N) is 2. The van der Waals surface area contributed by atoms with E-state index in [9.17, 15) is 9.59 Å². The average Bonchev–Trinajstić information content (AvgIpc) is 2.98. The Morgan fingerprint density at radius 1 is 1.26 bits per heavy atom. The Kier molecular flexibility index (Phi) is 4.78. The molecule has 1 aromatic heterocycles. The van der Waals surface area contributed by atoms with E-state index in [0.29, 0.717) is 13.1 Å². The van der Waals surface area contributed by atoms with Crippen LogP contribution in [-0.2, 0) is 4.79 Å². The normalized spacial score (nSPS) is 18.0. The van der Waals surface area contributed by atoms with Crippen LogP contribution in [0, 0.1) is 5.92 Å². The Balaban J connectivity index is 1.62. The number of hydrogen-bond acceptors (Lipinski definition) is 3. The van der Waals surface area contributed by atoms with E-state index in [-0.39, 0.29) is 23.5 Å². The van der Waals surface area contributed by atoms with Gasteiger partial charge in [0.15, 0.2) is 5.76 Å². The second kappa shape index (κ2) is 6.78. The van der Waals surface area contributed by atoms with Gasteiger partial charge in [0, 0.05) is 19.0 Å². The quantitative estimate of drug-likeness (QED) is 0.623. The van der Waals surface area contributed by atoms with E-state index in [1.165, 1.54) is 6.26 Å². The summed E-state index contributed by atoms with van der Waals surface area (Å²) in [5, 5.41) is 5.52. The molecule has 1 atom stereocenters. The molecule has 0 saturated heterocycles. The molecule has 1 unspecified atom stereocenters. The Labute approximate surface area is 112 Å². The molecule has 1 heterocycles. The third-order valence-corrected chi connectivity index (χ3v) is 3.09. The van der Waals surface area contributed by atoms with Crippen LogP contribution in [0.2, 0.25) is 0 Å². The SMILES string of the molecule is O=C(NCCNC(=O)C1CC=CCC1)c1ccco1. The van der Waals surface area contributed by atoms with Crippen molar-refractivity contribution in [1.29, 1.82) is 0 Å². The largest absolute Gasteiger partial charge is 0.459 e. The molecule has 19 heavy (non-hydrogen) atoms. The van der Waals surface area contributed by atoms with Gasteiger partial charge in [-0.05, 0) is 31.4 Å². The fourth-order valence-electron chi connectivity index (χ4n) is 2.03. The van der Waals surface area contributed by atoms with Gasteiger partial charge in [-0.1, -0.05) is 12.2 Å². The second-order valence-corrected chi connectivity index (χ2v) is 4.51. The van der Waals surface area contributed by atoms with Crippen LogP contribution in [0.1, 0.15) is 29.8 Å². The van der Waals surface area contributed by atoms with Crippen molar-refractivity contribution >= 4 is 11.8 Å². The number of carbonyl (C=O) groups is 2. The molecule has 0 spiro atoms. The van der Waals surface area contributed by atoms with Gasteiger partial charge >= 0.3 is 0 Å². The van der Waals surface area contributed by atoms with Crippen molar-refractivity contribution in [3.8, 4) is 0 Å². The summed E-state index contributed by atoms with van der Waals surface area (Å²) in [6.07, 6.45) is 8.28. The lowest BCUT2D eigenvalue weighted by atomic mass is 9.94.